The Bertz CT molecular complexity index is 2140. The summed E-state index contributed by atoms with van der Waals surface area (Å²) in [4.78, 5) is 8.96. The molecule has 0 aliphatic heterocycles. The standard InChI is InChI=1S/C32H25F4N5O2S/c1-18(2)44(42,43)41-28-14-20(8-11-27(28)38-32(41)37)29-30(21-12-23(34)15-24(35)13-21)40(17-19-6-4-3-5-7-19)31(39-29)25-10-9-22(33)16-26(25)36/h3-16,18H,17H2,1-2H3,(H2,37,38). The zero-order chi connectivity index (χ0) is 31.3. The van der Waals surface area contributed by atoms with E-state index in [1.54, 1.807) is 16.7 Å². The minimum Gasteiger partial charge on any atom is -0.368 e. The van der Waals surface area contributed by atoms with Crippen LogP contribution in [0.25, 0.3) is 44.9 Å². The molecule has 0 saturated carbocycles. The molecule has 2 N–H and O–H groups in total. The van der Waals surface area contributed by atoms with Crippen molar-refractivity contribution < 1.29 is 26.0 Å². The van der Waals surface area contributed by atoms with E-state index in [1.165, 1.54) is 26.0 Å². The number of hydrogen-bond acceptors (Lipinski definition) is 5. The van der Waals surface area contributed by atoms with E-state index >= 15 is 4.39 Å². The number of aromatic nitrogens is 4. The maximum absolute atomic E-state index is 15.3. The fourth-order valence-electron chi connectivity index (χ4n) is 5.13. The van der Waals surface area contributed by atoms with Gasteiger partial charge < -0.3 is 10.3 Å². The van der Waals surface area contributed by atoms with Gasteiger partial charge in [0.25, 0.3) is 0 Å². The smallest absolute Gasteiger partial charge is 0.244 e. The molecule has 0 spiro atoms. The number of imidazole rings is 2. The average Bonchev–Trinajstić information content (AvgIpc) is 3.49. The molecule has 4 aromatic carbocycles. The van der Waals surface area contributed by atoms with E-state index in [0.29, 0.717) is 11.1 Å². The van der Waals surface area contributed by atoms with Crippen LogP contribution in [0.3, 0.4) is 0 Å². The highest BCUT2D eigenvalue weighted by molar-refractivity contribution is 7.90. The number of rotatable bonds is 7. The van der Waals surface area contributed by atoms with E-state index in [2.05, 4.69) is 4.98 Å². The fourth-order valence-corrected chi connectivity index (χ4v) is 6.28. The van der Waals surface area contributed by atoms with Gasteiger partial charge in [-0.05, 0) is 55.8 Å². The van der Waals surface area contributed by atoms with Gasteiger partial charge >= 0.3 is 0 Å². The second kappa shape index (κ2) is 10.9. The molecule has 0 aliphatic carbocycles. The van der Waals surface area contributed by atoms with Crippen LogP contribution in [0.4, 0.5) is 23.5 Å². The Morgan fingerprint density at radius 3 is 2.16 bits per heavy atom. The van der Waals surface area contributed by atoms with Gasteiger partial charge in [-0.25, -0.2) is 39.9 Å². The molecule has 7 nitrogen and oxygen atoms in total. The van der Waals surface area contributed by atoms with E-state index in [1.807, 2.05) is 30.3 Å². The summed E-state index contributed by atoms with van der Waals surface area (Å²) in [6.07, 6.45) is 0. The predicted octanol–water partition coefficient (Wildman–Crippen LogP) is 7.01. The van der Waals surface area contributed by atoms with Crippen molar-refractivity contribution in [3.63, 3.8) is 0 Å². The second-order valence-electron chi connectivity index (χ2n) is 10.5. The lowest BCUT2D eigenvalue weighted by Gasteiger charge is -2.15. The summed E-state index contributed by atoms with van der Waals surface area (Å²) in [5, 5.41) is -0.824. The molecule has 12 heteroatoms. The van der Waals surface area contributed by atoms with Crippen LogP contribution >= 0.6 is 0 Å². The molecule has 44 heavy (non-hydrogen) atoms. The molecule has 0 saturated heterocycles. The topological polar surface area (TPSA) is 95.8 Å². The van der Waals surface area contributed by atoms with Crippen LogP contribution < -0.4 is 5.73 Å². The van der Waals surface area contributed by atoms with Gasteiger partial charge in [0.1, 0.15) is 29.1 Å². The van der Waals surface area contributed by atoms with Crippen LogP contribution in [0.5, 0.6) is 0 Å². The fraction of sp³-hybridized carbons (Fsp3) is 0.125. The first-order valence-corrected chi connectivity index (χ1v) is 15.0. The number of hydrogen-bond donors (Lipinski definition) is 1. The van der Waals surface area contributed by atoms with Crippen molar-refractivity contribution >= 4 is 27.0 Å². The Kier molecular flexibility index (Phi) is 7.24. The molecule has 2 heterocycles. The Morgan fingerprint density at radius 1 is 0.795 bits per heavy atom. The summed E-state index contributed by atoms with van der Waals surface area (Å²) >= 11 is 0. The minimum absolute atomic E-state index is 0.0514. The third-order valence-electron chi connectivity index (χ3n) is 7.22. The van der Waals surface area contributed by atoms with Crippen molar-refractivity contribution in [1.29, 1.82) is 0 Å². The highest BCUT2D eigenvalue weighted by atomic mass is 32.2. The van der Waals surface area contributed by atoms with Crippen LogP contribution in [-0.4, -0.2) is 32.2 Å². The molecule has 0 bridgehead atoms. The van der Waals surface area contributed by atoms with Gasteiger partial charge in [-0.2, -0.15) is 0 Å². The number of nitrogens with two attached hydrogens (primary N) is 1. The van der Waals surface area contributed by atoms with Gasteiger partial charge in [0, 0.05) is 29.8 Å². The Morgan fingerprint density at radius 2 is 1.50 bits per heavy atom. The van der Waals surface area contributed by atoms with E-state index in [-0.39, 0.29) is 46.3 Å². The maximum Gasteiger partial charge on any atom is 0.244 e. The molecule has 0 radical (unpaired) electrons. The van der Waals surface area contributed by atoms with Crippen molar-refractivity contribution in [1.82, 2.24) is 18.5 Å². The third kappa shape index (κ3) is 5.11. The summed E-state index contributed by atoms with van der Waals surface area (Å²) in [5.74, 6) is -3.56. The van der Waals surface area contributed by atoms with Crippen LogP contribution in [0.2, 0.25) is 0 Å². The van der Waals surface area contributed by atoms with Crippen molar-refractivity contribution in [2.45, 2.75) is 25.6 Å². The normalized spacial score (nSPS) is 12.0. The molecule has 6 rings (SSSR count). The summed E-state index contributed by atoms with van der Waals surface area (Å²) < 4.78 is 87.5. The first kappa shape index (κ1) is 29.1. The molecule has 224 valence electrons. The Hall–Kier alpha value is -4.97. The second-order valence-corrected chi connectivity index (χ2v) is 12.9. The van der Waals surface area contributed by atoms with E-state index in [4.69, 9.17) is 10.7 Å². The third-order valence-corrected chi connectivity index (χ3v) is 9.30. The number of benzene rings is 4. The predicted molar refractivity (Wildman–Crippen MR) is 161 cm³/mol. The Labute approximate surface area is 250 Å². The number of anilines is 1. The summed E-state index contributed by atoms with van der Waals surface area (Å²) in [6.45, 7) is 3.12. The molecule has 0 amide bonds. The Balaban J connectivity index is 1.71. The lowest BCUT2D eigenvalue weighted by molar-refractivity contribution is 0.580. The summed E-state index contributed by atoms with van der Waals surface area (Å²) in [5.41, 5.74) is 8.03. The van der Waals surface area contributed by atoms with Gasteiger partial charge in [0.05, 0.1) is 33.2 Å². The van der Waals surface area contributed by atoms with E-state index in [0.717, 1.165) is 39.9 Å². The molecular weight excluding hydrogens is 594 g/mol. The van der Waals surface area contributed by atoms with Crippen LogP contribution in [0.1, 0.15) is 19.4 Å². The maximum atomic E-state index is 15.3. The number of nitrogens with zero attached hydrogens (tertiary/aromatic N) is 4. The number of nitrogen functional groups attached to an aromatic ring is 1. The van der Waals surface area contributed by atoms with Crippen LogP contribution in [0, 0.1) is 23.3 Å². The monoisotopic (exact) mass is 619 g/mol. The van der Waals surface area contributed by atoms with Crippen LogP contribution in [0.15, 0.2) is 84.9 Å². The number of fused-ring (bicyclic) bond motifs is 1. The molecular formula is C32H25F4N5O2S. The largest absolute Gasteiger partial charge is 0.368 e. The van der Waals surface area contributed by atoms with Gasteiger partial charge in [-0.1, -0.05) is 36.4 Å². The zero-order valence-electron chi connectivity index (χ0n) is 23.5. The molecule has 0 aliphatic rings. The molecule has 2 aromatic heterocycles. The zero-order valence-corrected chi connectivity index (χ0v) is 24.3. The van der Waals surface area contributed by atoms with Gasteiger partial charge in [0.2, 0.25) is 16.0 Å². The van der Waals surface area contributed by atoms with Crippen molar-refractivity contribution in [2.75, 3.05) is 5.73 Å². The SMILES string of the molecule is CC(C)S(=O)(=O)n1c(N)nc2ccc(-c3nc(-c4ccc(F)cc4F)n(Cc4ccccc4)c3-c3cc(F)cc(F)c3)cc21. The minimum atomic E-state index is -3.94. The van der Waals surface area contributed by atoms with Crippen molar-refractivity contribution in [2.24, 2.45) is 0 Å². The molecule has 0 fully saturated rings. The van der Waals surface area contributed by atoms with Gasteiger partial charge in [0.15, 0.2) is 0 Å². The van der Waals surface area contributed by atoms with Crippen LogP contribution in [-0.2, 0) is 16.6 Å². The van der Waals surface area contributed by atoms with Crippen molar-refractivity contribution in [3.8, 4) is 33.9 Å². The quantitative estimate of drug-likeness (QED) is 0.194. The highest BCUT2D eigenvalue weighted by Gasteiger charge is 2.27. The van der Waals surface area contributed by atoms with Crippen molar-refractivity contribution in [3.05, 3.63) is 114 Å². The summed E-state index contributed by atoms with van der Waals surface area (Å²) in [7, 11) is -3.94. The first-order valence-electron chi connectivity index (χ1n) is 13.5. The first-order chi connectivity index (χ1) is 20.9. The lowest BCUT2D eigenvalue weighted by Crippen LogP contribution is -2.23. The van der Waals surface area contributed by atoms with Gasteiger partial charge in [-0.15, -0.1) is 0 Å². The summed E-state index contributed by atoms with van der Waals surface area (Å²) in [6, 6.07) is 19.8. The average molecular weight is 620 g/mol. The van der Waals surface area contributed by atoms with E-state index in [9.17, 15) is 21.6 Å². The number of halogens is 4. The molecule has 0 unspecified atom stereocenters. The molecule has 0 atom stereocenters. The van der Waals surface area contributed by atoms with E-state index < -0.39 is 38.5 Å². The highest BCUT2D eigenvalue weighted by Crippen LogP contribution is 2.39. The molecule has 6 aromatic rings. The lowest BCUT2D eigenvalue weighted by atomic mass is 10.0. The van der Waals surface area contributed by atoms with Gasteiger partial charge in [-0.3, -0.25) is 0 Å².